The molecule has 0 radical (unpaired) electrons. The maximum atomic E-state index is 2.36. The molecule has 0 aliphatic rings. The topological polar surface area (TPSA) is 0 Å². The zero-order chi connectivity index (χ0) is 37.1. The lowest BCUT2D eigenvalue weighted by Gasteiger charge is -2.24. The van der Waals surface area contributed by atoms with Crippen molar-refractivity contribution in [1.29, 1.82) is 0 Å². The molecule has 0 spiro atoms. The lowest BCUT2D eigenvalue weighted by atomic mass is 9.78. The molecule has 56 heavy (non-hydrogen) atoms. The average molecular weight is 709 g/mol. The monoisotopic (exact) mass is 708 g/mol. The number of hydrogen-bond acceptors (Lipinski definition) is 0. The second-order valence-corrected chi connectivity index (χ2v) is 16.5. The maximum Gasteiger partial charge on any atom is -0.000118 e. The molecule has 0 bridgehead atoms. The zero-order valence-corrected chi connectivity index (χ0v) is 31.9. The van der Waals surface area contributed by atoms with Crippen LogP contribution in [0, 0.1) is 27.7 Å². The summed E-state index contributed by atoms with van der Waals surface area (Å²) in [6.45, 7) is 9.01. The Balaban J connectivity index is 0.000000119. The molecule has 0 fully saturated rings. The van der Waals surface area contributed by atoms with Crippen molar-refractivity contribution in [1.82, 2.24) is 0 Å². The van der Waals surface area contributed by atoms with Crippen LogP contribution in [-0.2, 0) is 0 Å². The fraction of sp³-hybridized carbons (Fsp3) is 0.0714. The normalized spacial score (nSPS) is 12.6. The van der Waals surface area contributed by atoms with Crippen molar-refractivity contribution in [3.05, 3.63) is 168 Å². The van der Waals surface area contributed by atoms with E-state index in [2.05, 4.69) is 173 Å². The van der Waals surface area contributed by atoms with Gasteiger partial charge in [-0.1, -0.05) is 146 Å². The minimum absolute atomic E-state index is 1.32. The Labute approximate surface area is 323 Å². The molecule has 260 valence electrons. The summed E-state index contributed by atoms with van der Waals surface area (Å²) >= 11 is 0. The third-order valence-electron chi connectivity index (χ3n) is 13.5. The summed E-state index contributed by atoms with van der Waals surface area (Å²) in [5.74, 6) is 0. The van der Waals surface area contributed by atoms with E-state index in [9.17, 15) is 0 Å². The maximum absolute atomic E-state index is 2.36. The molecule has 0 heteroatoms. The van der Waals surface area contributed by atoms with Gasteiger partial charge in [-0.3, -0.25) is 0 Å². The fourth-order valence-electron chi connectivity index (χ4n) is 11.3. The van der Waals surface area contributed by atoms with E-state index < -0.39 is 0 Å². The van der Waals surface area contributed by atoms with Crippen LogP contribution in [0.1, 0.15) is 22.3 Å². The summed E-state index contributed by atoms with van der Waals surface area (Å²) < 4.78 is 0. The Morgan fingerprint density at radius 2 is 0.411 bits per heavy atom. The van der Waals surface area contributed by atoms with E-state index in [1.54, 1.807) is 0 Å². The van der Waals surface area contributed by atoms with Crippen molar-refractivity contribution < 1.29 is 0 Å². The molecule has 0 saturated heterocycles. The predicted molar refractivity (Wildman–Crippen MR) is 247 cm³/mol. The van der Waals surface area contributed by atoms with E-state index in [0.29, 0.717) is 0 Å². The number of rotatable bonds is 0. The first-order chi connectivity index (χ1) is 27.5. The SMILES string of the molecule is Cc1c2cccc3c4cccc5c(C)c6cccc7c8cccc1c8c(c23)c(c54)c67.Cc1cc2c3ccccc3c3cc(C)cc4c5ccccc5c(c1)c2c34. The Morgan fingerprint density at radius 3 is 0.679 bits per heavy atom. The van der Waals surface area contributed by atoms with Crippen molar-refractivity contribution in [2.75, 3.05) is 0 Å². The van der Waals surface area contributed by atoms with Gasteiger partial charge in [0.15, 0.2) is 0 Å². The second kappa shape index (κ2) is 10.5. The third kappa shape index (κ3) is 3.61. The van der Waals surface area contributed by atoms with Crippen LogP contribution >= 0.6 is 0 Å². The van der Waals surface area contributed by atoms with Crippen LogP contribution in [0.5, 0.6) is 0 Å². The Hall–Kier alpha value is -6.76. The van der Waals surface area contributed by atoms with Crippen molar-refractivity contribution in [2.24, 2.45) is 0 Å². The summed E-state index contributed by atoms with van der Waals surface area (Å²) in [7, 11) is 0. The van der Waals surface area contributed by atoms with E-state index in [1.165, 1.54) is 152 Å². The summed E-state index contributed by atoms with van der Waals surface area (Å²) in [5.41, 5.74) is 5.43. The van der Waals surface area contributed by atoms with E-state index in [4.69, 9.17) is 0 Å². The van der Waals surface area contributed by atoms with Crippen molar-refractivity contribution in [3.63, 3.8) is 0 Å². The summed E-state index contributed by atoms with van der Waals surface area (Å²) in [4.78, 5) is 0. The van der Waals surface area contributed by atoms with Gasteiger partial charge in [0.05, 0.1) is 0 Å². The van der Waals surface area contributed by atoms with Gasteiger partial charge in [-0.05, 0) is 179 Å². The first-order valence-corrected chi connectivity index (χ1v) is 19.9. The highest BCUT2D eigenvalue weighted by atomic mass is 14.3. The Bertz CT molecular complexity index is 3450. The number of hydrogen-bond donors (Lipinski definition) is 0. The van der Waals surface area contributed by atoms with Gasteiger partial charge in [0.1, 0.15) is 0 Å². The largest absolute Gasteiger partial charge is 0.0616 e. The number of benzene rings is 14. The van der Waals surface area contributed by atoms with Gasteiger partial charge in [-0.2, -0.15) is 0 Å². The molecule has 0 N–H and O–H groups in total. The zero-order valence-electron chi connectivity index (χ0n) is 31.9. The molecule has 0 aromatic heterocycles. The minimum Gasteiger partial charge on any atom is -0.0616 e. The molecule has 0 aliphatic carbocycles. The summed E-state index contributed by atoms with van der Waals surface area (Å²) in [6, 6.07) is 54.7. The van der Waals surface area contributed by atoms with Crippen LogP contribution in [0.15, 0.2) is 146 Å². The van der Waals surface area contributed by atoms with Gasteiger partial charge in [0.2, 0.25) is 0 Å². The molecule has 14 aromatic carbocycles. The summed E-state index contributed by atoms with van der Waals surface area (Å²) in [5, 5.41) is 33.6. The number of fused-ring (bicyclic) bond motifs is 8. The molecule has 0 saturated carbocycles. The number of aryl methyl sites for hydroxylation is 4. The van der Waals surface area contributed by atoms with Gasteiger partial charge in [0, 0.05) is 0 Å². The van der Waals surface area contributed by atoms with Gasteiger partial charge in [0.25, 0.3) is 0 Å². The Kier molecular flexibility index (Phi) is 5.73. The van der Waals surface area contributed by atoms with Gasteiger partial charge >= 0.3 is 0 Å². The van der Waals surface area contributed by atoms with Crippen molar-refractivity contribution >= 4 is 129 Å². The highest BCUT2D eigenvalue weighted by molar-refractivity contribution is 6.49. The van der Waals surface area contributed by atoms with Crippen molar-refractivity contribution in [2.45, 2.75) is 27.7 Å². The third-order valence-corrected chi connectivity index (χ3v) is 13.5. The molecule has 0 unspecified atom stereocenters. The lowest BCUT2D eigenvalue weighted by Crippen LogP contribution is -1.96. The lowest BCUT2D eigenvalue weighted by molar-refractivity contribution is 1.52. The molecule has 0 aliphatic heterocycles. The van der Waals surface area contributed by atoms with Crippen LogP contribution in [0.2, 0.25) is 0 Å². The fourth-order valence-corrected chi connectivity index (χ4v) is 11.3. The van der Waals surface area contributed by atoms with E-state index >= 15 is 0 Å². The first kappa shape index (κ1) is 30.6. The molecule has 0 atom stereocenters. The molecular weight excluding hydrogens is 673 g/mol. The quantitative estimate of drug-likeness (QED) is 0.109. The van der Waals surface area contributed by atoms with Crippen LogP contribution in [0.3, 0.4) is 0 Å². The van der Waals surface area contributed by atoms with Crippen LogP contribution in [-0.4, -0.2) is 0 Å². The van der Waals surface area contributed by atoms with E-state index in [1.807, 2.05) is 0 Å². The standard InChI is InChI=1S/C30H18.C26H18/c1-15-17-7-3-11-21-23-13-5-9-19-16(2)20-10-6-14-24-22-12-4-8-18(15)26(22)29(25(17)21)30(27(19)23)28(20)24;1-15-11-21-17-7-3-5-9-19(17)23-13-16(2)14-24-20-10-6-4-8-18(20)22(12-15)25(21)26(23)24/h3-14H,1-2H3;3-14H,1-2H3. The molecular formula is C56H36. The smallest absolute Gasteiger partial charge is 0.000118 e. The van der Waals surface area contributed by atoms with E-state index in [0.717, 1.165) is 0 Å². The van der Waals surface area contributed by atoms with Gasteiger partial charge < -0.3 is 0 Å². The van der Waals surface area contributed by atoms with Crippen LogP contribution in [0.25, 0.3) is 129 Å². The average Bonchev–Trinajstić information content (AvgIpc) is 3.24. The van der Waals surface area contributed by atoms with Crippen LogP contribution in [0.4, 0.5) is 0 Å². The Morgan fingerprint density at radius 1 is 0.196 bits per heavy atom. The van der Waals surface area contributed by atoms with Gasteiger partial charge in [-0.25, -0.2) is 0 Å². The molecule has 14 rings (SSSR count). The summed E-state index contributed by atoms with van der Waals surface area (Å²) in [6.07, 6.45) is 0. The minimum atomic E-state index is 1.32. The second-order valence-electron chi connectivity index (χ2n) is 16.5. The first-order valence-electron chi connectivity index (χ1n) is 19.9. The van der Waals surface area contributed by atoms with Crippen molar-refractivity contribution in [3.8, 4) is 0 Å². The predicted octanol–water partition coefficient (Wildman–Crippen LogP) is 16.2. The molecule has 0 heterocycles. The highest BCUT2D eigenvalue weighted by Gasteiger charge is 2.24. The van der Waals surface area contributed by atoms with Crippen LogP contribution < -0.4 is 0 Å². The molecule has 0 nitrogen and oxygen atoms in total. The highest BCUT2D eigenvalue weighted by Crippen LogP contribution is 2.53. The van der Waals surface area contributed by atoms with Gasteiger partial charge in [-0.15, -0.1) is 0 Å². The molecule has 0 amide bonds. The molecule has 14 aromatic rings. The van der Waals surface area contributed by atoms with E-state index in [-0.39, 0.29) is 0 Å².